The lowest BCUT2D eigenvalue weighted by Crippen LogP contribution is -2.59. The van der Waals surface area contributed by atoms with Crippen LogP contribution in [0, 0.1) is 17.5 Å². The van der Waals surface area contributed by atoms with E-state index in [-0.39, 0.29) is 6.07 Å². The second-order valence-corrected chi connectivity index (χ2v) is 5.96. The Balaban J connectivity index is 2.47. The number of rotatable bonds is 3. The quantitative estimate of drug-likeness (QED) is 0.622. The van der Waals surface area contributed by atoms with E-state index >= 15 is 0 Å². The van der Waals surface area contributed by atoms with E-state index < -0.39 is 72.2 Å². The van der Waals surface area contributed by atoms with Crippen LogP contribution in [0.1, 0.15) is 24.8 Å². The molecule has 0 saturated carbocycles. The van der Waals surface area contributed by atoms with Crippen molar-refractivity contribution in [1.82, 2.24) is 10.2 Å². The number of hydrogen-bond acceptors (Lipinski definition) is 2. The van der Waals surface area contributed by atoms with Crippen molar-refractivity contribution in [3.05, 3.63) is 35.1 Å². The molecule has 0 aromatic heterocycles. The number of piperidine rings is 1. The van der Waals surface area contributed by atoms with Crippen LogP contribution in [0.15, 0.2) is 12.1 Å². The molecular formula is C15H14F6N2O3. The van der Waals surface area contributed by atoms with Crippen molar-refractivity contribution >= 4 is 12.0 Å². The third-order valence-corrected chi connectivity index (χ3v) is 4.21. The van der Waals surface area contributed by atoms with Gasteiger partial charge in [0.25, 0.3) is 0 Å². The zero-order valence-corrected chi connectivity index (χ0v) is 13.3. The fourth-order valence-corrected chi connectivity index (χ4v) is 3.09. The number of hydrogen-bond donors (Lipinski definition) is 2. The van der Waals surface area contributed by atoms with E-state index in [1.165, 1.54) is 6.92 Å². The van der Waals surface area contributed by atoms with E-state index in [1.807, 2.05) is 0 Å². The highest BCUT2D eigenvalue weighted by Gasteiger charge is 2.46. The largest absolute Gasteiger partial charge is 0.465 e. The van der Waals surface area contributed by atoms with Crippen LogP contribution < -0.4 is 5.32 Å². The maximum Gasteiger partial charge on any atom is 0.406 e. The van der Waals surface area contributed by atoms with E-state index in [2.05, 4.69) is 0 Å². The molecule has 0 spiro atoms. The molecule has 2 amide bonds. The topological polar surface area (TPSA) is 69.6 Å². The molecule has 0 aliphatic carbocycles. The van der Waals surface area contributed by atoms with Crippen molar-refractivity contribution in [2.45, 2.75) is 37.5 Å². The van der Waals surface area contributed by atoms with Gasteiger partial charge in [0.2, 0.25) is 5.91 Å². The van der Waals surface area contributed by atoms with Gasteiger partial charge in [0.15, 0.2) is 11.6 Å². The highest BCUT2D eigenvalue weighted by molar-refractivity contribution is 5.86. The number of nitrogens with zero attached hydrogens (tertiary/aromatic N) is 1. The summed E-state index contributed by atoms with van der Waals surface area (Å²) in [7, 11) is 0. The summed E-state index contributed by atoms with van der Waals surface area (Å²) in [6, 6.07) is -1.98. The number of nitrogens with one attached hydrogen (secondary N) is 1. The molecular weight excluding hydrogens is 370 g/mol. The van der Waals surface area contributed by atoms with E-state index in [0.29, 0.717) is 11.0 Å². The number of carboxylic acid groups (broad SMARTS) is 1. The molecule has 1 saturated heterocycles. The van der Waals surface area contributed by atoms with Crippen LogP contribution in [0.25, 0.3) is 0 Å². The fraction of sp³-hybridized carbons (Fsp3) is 0.467. The van der Waals surface area contributed by atoms with E-state index in [0.717, 1.165) is 0 Å². The molecule has 1 aromatic rings. The Hall–Kier alpha value is -2.46. The monoisotopic (exact) mass is 384 g/mol. The Morgan fingerprint density at radius 1 is 1.31 bits per heavy atom. The first-order chi connectivity index (χ1) is 11.9. The van der Waals surface area contributed by atoms with Crippen LogP contribution in [0.5, 0.6) is 0 Å². The second kappa shape index (κ2) is 7.04. The maximum absolute atomic E-state index is 14.1. The lowest BCUT2D eigenvalue weighted by atomic mass is 9.81. The van der Waals surface area contributed by atoms with Gasteiger partial charge in [0.1, 0.15) is 18.4 Å². The summed E-state index contributed by atoms with van der Waals surface area (Å²) in [5.41, 5.74) is -0.563. The van der Waals surface area contributed by atoms with Crippen LogP contribution in [-0.2, 0) is 4.79 Å². The Labute approximate surface area is 143 Å². The Morgan fingerprint density at radius 3 is 2.46 bits per heavy atom. The van der Waals surface area contributed by atoms with Crippen LogP contribution in [-0.4, -0.2) is 46.8 Å². The maximum atomic E-state index is 14.1. The highest BCUT2D eigenvalue weighted by atomic mass is 19.4. The molecule has 1 fully saturated rings. The molecule has 5 nitrogen and oxygen atoms in total. The summed E-state index contributed by atoms with van der Waals surface area (Å²) in [5, 5.41) is 10.5. The van der Waals surface area contributed by atoms with Crippen molar-refractivity contribution in [2.24, 2.45) is 0 Å². The molecule has 2 N–H and O–H groups in total. The smallest absolute Gasteiger partial charge is 0.406 e. The van der Waals surface area contributed by atoms with Gasteiger partial charge in [-0.3, -0.25) is 4.79 Å². The molecule has 3 unspecified atom stereocenters. The van der Waals surface area contributed by atoms with Crippen LogP contribution in [0.4, 0.5) is 31.1 Å². The van der Waals surface area contributed by atoms with Crippen LogP contribution >= 0.6 is 0 Å². The Bertz CT molecular complexity index is 724. The normalized spacial score (nSPS) is 23.9. The van der Waals surface area contributed by atoms with E-state index in [4.69, 9.17) is 5.11 Å². The van der Waals surface area contributed by atoms with Crippen molar-refractivity contribution in [3.63, 3.8) is 0 Å². The standard InChI is InChI=1S/C15H14F6N2O3/c1-6-8(9-2-7(16)3-10(17)12(9)18)4-11(22-14(25)26)13(24)23(6)5-15(19,20)21/h2-3,6,8,11,22H,4-5H2,1H3,(H,25,26). The summed E-state index contributed by atoms with van der Waals surface area (Å²) >= 11 is 0. The molecule has 0 bridgehead atoms. The van der Waals surface area contributed by atoms with Gasteiger partial charge in [-0.25, -0.2) is 18.0 Å². The first kappa shape index (κ1) is 19.9. The predicted molar refractivity (Wildman–Crippen MR) is 75.9 cm³/mol. The molecule has 3 atom stereocenters. The van der Waals surface area contributed by atoms with Gasteiger partial charge in [0, 0.05) is 18.0 Å². The lowest BCUT2D eigenvalue weighted by molar-refractivity contribution is -0.170. The summed E-state index contributed by atoms with van der Waals surface area (Å²) in [4.78, 5) is 23.3. The zero-order valence-electron chi connectivity index (χ0n) is 13.3. The number of likely N-dealkylation sites (tertiary alicyclic amines) is 1. The van der Waals surface area contributed by atoms with Gasteiger partial charge in [-0.05, 0) is 25.0 Å². The molecule has 26 heavy (non-hydrogen) atoms. The summed E-state index contributed by atoms with van der Waals surface area (Å²) < 4.78 is 79.4. The number of carbonyl (C=O) groups excluding carboxylic acids is 1. The molecule has 1 heterocycles. The Morgan fingerprint density at radius 2 is 1.92 bits per heavy atom. The molecule has 1 aliphatic rings. The molecule has 1 aliphatic heterocycles. The molecule has 144 valence electrons. The van der Waals surface area contributed by atoms with Crippen molar-refractivity contribution < 1.29 is 41.0 Å². The van der Waals surface area contributed by atoms with Gasteiger partial charge >= 0.3 is 12.3 Å². The van der Waals surface area contributed by atoms with E-state index in [9.17, 15) is 35.9 Å². The number of amides is 2. The summed E-state index contributed by atoms with van der Waals surface area (Å²) in [6.07, 6.45) is -6.92. The summed E-state index contributed by atoms with van der Waals surface area (Å²) in [5.74, 6) is -6.54. The fourth-order valence-electron chi connectivity index (χ4n) is 3.09. The minimum Gasteiger partial charge on any atom is -0.465 e. The van der Waals surface area contributed by atoms with Gasteiger partial charge in [0.05, 0.1) is 0 Å². The average Bonchev–Trinajstić information content (AvgIpc) is 2.49. The van der Waals surface area contributed by atoms with Crippen molar-refractivity contribution in [3.8, 4) is 0 Å². The second-order valence-electron chi connectivity index (χ2n) is 5.96. The van der Waals surface area contributed by atoms with Crippen molar-refractivity contribution in [2.75, 3.05) is 6.54 Å². The zero-order chi connectivity index (χ0) is 19.8. The SMILES string of the molecule is CC1C(c2cc(F)cc(F)c2F)CC(NC(=O)O)C(=O)N1CC(F)(F)F. The minimum absolute atomic E-state index is 0.276. The molecule has 1 aromatic carbocycles. The highest BCUT2D eigenvalue weighted by Crippen LogP contribution is 2.37. The third-order valence-electron chi connectivity index (χ3n) is 4.21. The average molecular weight is 384 g/mol. The molecule has 11 heteroatoms. The van der Waals surface area contributed by atoms with Crippen LogP contribution in [0.2, 0.25) is 0 Å². The van der Waals surface area contributed by atoms with Gasteiger partial charge in [-0.1, -0.05) is 0 Å². The van der Waals surface area contributed by atoms with Crippen molar-refractivity contribution in [1.29, 1.82) is 0 Å². The first-order valence-electron chi connectivity index (χ1n) is 7.42. The number of alkyl halides is 3. The van der Waals surface area contributed by atoms with Crippen LogP contribution in [0.3, 0.4) is 0 Å². The number of carbonyl (C=O) groups is 2. The lowest BCUT2D eigenvalue weighted by Gasteiger charge is -2.43. The summed E-state index contributed by atoms with van der Waals surface area (Å²) in [6.45, 7) is -0.533. The third kappa shape index (κ3) is 4.20. The van der Waals surface area contributed by atoms with Gasteiger partial charge < -0.3 is 15.3 Å². The number of benzene rings is 1. The van der Waals surface area contributed by atoms with Gasteiger partial charge in [-0.15, -0.1) is 0 Å². The molecule has 0 radical (unpaired) electrons. The number of halogens is 6. The minimum atomic E-state index is -4.80. The Kier molecular flexibility index (Phi) is 5.38. The predicted octanol–water partition coefficient (Wildman–Crippen LogP) is 3.01. The van der Waals surface area contributed by atoms with Gasteiger partial charge in [-0.2, -0.15) is 13.2 Å². The van der Waals surface area contributed by atoms with E-state index in [1.54, 1.807) is 5.32 Å². The molecule has 2 rings (SSSR count). The first-order valence-corrected chi connectivity index (χ1v) is 7.42.